The number of aryl methyl sites for hydroxylation is 2. The topological polar surface area (TPSA) is 42.2 Å². The molecular weight excluding hydrogens is 244 g/mol. The van der Waals surface area contributed by atoms with Gasteiger partial charge in [0, 0.05) is 24.0 Å². The zero-order chi connectivity index (χ0) is 12.5. The van der Waals surface area contributed by atoms with Crippen LogP contribution in [0.4, 0.5) is 5.69 Å². The highest BCUT2D eigenvalue weighted by Gasteiger charge is 2.08. The van der Waals surface area contributed by atoms with E-state index in [2.05, 4.69) is 37.3 Å². The lowest BCUT2D eigenvalue weighted by atomic mass is 10.3. The predicted octanol–water partition coefficient (Wildman–Crippen LogP) is 3.02. The van der Waals surface area contributed by atoms with E-state index in [1.807, 2.05) is 26.2 Å². The molecule has 3 rings (SSSR count). The number of pyridine rings is 1. The Morgan fingerprint density at radius 1 is 1.33 bits per heavy atom. The van der Waals surface area contributed by atoms with Gasteiger partial charge in [0.2, 0.25) is 0 Å². The number of hydrogen-bond acceptors (Lipinski definition) is 4. The minimum absolute atomic E-state index is 0.759. The Balaban J connectivity index is 1.84. The molecule has 0 saturated heterocycles. The van der Waals surface area contributed by atoms with E-state index in [1.54, 1.807) is 11.3 Å². The fraction of sp³-hybridized carbons (Fsp3) is 0.231. The number of imidazole rings is 1. The summed E-state index contributed by atoms with van der Waals surface area (Å²) in [7, 11) is 0. The van der Waals surface area contributed by atoms with E-state index in [0.29, 0.717) is 0 Å². The molecule has 3 aromatic rings. The van der Waals surface area contributed by atoms with E-state index < -0.39 is 0 Å². The smallest absolute Gasteiger partial charge is 0.194 e. The number of nitrogens with zero attached hydrogens (tertiary/aromatic N) is 3. The standard InChI is InChI=1S/C13H14N4S/c1-9-5-11(7-14-6-9)15-8-12-10(2)16-13-17(12)3-4-18-13/h3-7,15H,8H2,1-2H3. The van der Waals surface area contributed by atoms with E-state index in [-0.39, 0.29) is 0 Å². The molecule has 0 aromatic carbocycles. The quantitative estimate of drug-likeness (QED) is 0.785. The Labute approximate surface area is 109 Å². The van der Waals surface area contributed by atoms with Crippen LogP contribution in [-0.4, -0.2) is 14.4 Å². The maximum atomic E-state index is 4.53. The summed E-state index contributed by atoms with van der Waals surface area (Å²) in [4.78, 5) is 9.75. The maximum Gasteiger partial charge on any atom is 0.194 e. The Morgan fingerprint density at radius 2 is 2.22 bits per heavy atom. The molecule has 18 heavy (non-hydrogen) atoms. The third kappa shape index (κ3) is 1.97. The minimum Gasteiger partial charge on any atom is -0.378 e. The van der Waals surface area contributed by atoms with Gasteiger partial charge in [0.15, 0.2) is 4.96 Å². The van der Waals surface area contributed by atoms with Gasteiger partial charge in [0.1, 0.15) is 0 Å². The zero-order valence-electron chi connectivity index (χ0n) is 10.3. The lowest BCUT2D eigenvalue weighted by Gasteiger charge is -2.06. The van der Waals surface area contributed by atoms with Crippen molar-refractivity contribution in [3.8, 4) is 0 Å². The third-order valence-corrected chi connectivity index (χ3v) is 3.65. The van der Waals surface area contributed by atoms with Gasteiger partial charge in [-0.1, -0.05) is 0 Å². The first-order chi connectivity index (χ1) is 8.74. The van der Waals surface area contributed by atoms with E-state index in [0.717, 1.165) is 28.5 Å². The number of thiazole rings is 1. The van der Waals surface area contributed by atoms with E-state index in [9.17, 15) is 0 Å². The molecule has 1 N–H and O–H groups in total. The monoisotopic (exact) mass is 258 g/mol. The Kier molecular flexibility index (Phi) is 2.76. The van der Waals surface area contributed by atoms with Crippen LogP contribution in [-0.2, 0) is 6.54 Å². The van der Waals surface area contributed by atoms with E-state index in [4.69, 9.17) is 0 Å². The molecule has 0 saturated carbocycles. The molecule has 0 aliphatic rings. The van der Waals surface area contributed by atoms with Gasteiger partial charge < -0.3 is 5.32 Å². The van der Waals surface area contributed by atoms with Gasteiger partial charge in [0.25, 0.3) is 0 Å². The Hall–Kier alpha value is -1.88. The molecule has 92 valence electrons. The molecule has 0 bridgehead atoms. The van der Waals surface area contributed by atoms with E-state index in [1.165, 1.54) is 5.69 Å². The summed E-state index contributed by atoms with van der Waals surface area (Å²) in [6.45, 7) is 4.85. The van der Waals surface area contributed by atoms with Crippen LogP contribution < -0.4 is 5.32 Å². The average Bonchev–Trinajstić information content (AvgIpc) is 2.87. The summed E-state index contributed by atoms with van der Waals surface area (Å²) in [5.41, 5.74) is 4.48. The van der Waals surface area contributed by atoms with Crippen LogP contribution in [0, 0.1) is 13.8 Å². The first-order valence-corrected chi connectivity index (χ1v) is 6.68. The van der Waals surface area contributed by atoms with Crippen LogP contribution in [0.25, 0.3) is 4.96 Å². The Bertz CT molecular complexity index is 683. The number of nitrogens with one attached hydrogen (secondary N) is 1. The normalized spacial score (nSPS) is 11.0. The molecule has 4 nitrogen and oxygen atoms in total. The van der Waals surface area contributed by atoms with Gasteiger partial charge in [-0.25, -0.2) is 4.98 Å². The van der Waals surface area contributed by atoms with Crippen molar-refractivity contribution in [2.75, 3.05) is 5.32 Å². The van der Waals surface area contributed by atoms with Crippen LogP contribution >= 0.6 is 11.3 Å². The van der Waals surface area contributed by atoms with Crippen molar-refractivity contribution >= 4 is 22.0 Å². The molecule has 0 radical (unpaired) electrons. The number of fused-ring (bicyclic) bond motifs is 1. The van der Waals surface area contributed by atoms with Crippen molar-refractivity contribution in [2.24, 2.45) is 0 Å². The van der Waals surface area contributed by atoms with Gasteiger partial charge in [-0.3, -0.25) is 9.38 Å². The first-order valence-electron chi connectivity index (χ1n) is 5.80. The van der Waals surface area contributed by atoms with E-state index >= 15 is 0 Å². The summed E-state index contributed by atoms with van der Waals surface area (Å²) in [5.74, 6) is 0. The van der Waals surface area contributed by atoms with Gasteiger partial charge in [0.05, 0.1) is 23.6 Å². The largest absolute Gasteiger partial charge is 0.378 e. The highest BCUT2D eigenvalue weighted by Crippen LogP contribution is 2.18. The number of rotatable bonds is 3. The van der Waals surface area contributed by atoms with Crippen molar-refractivity contribution in [3.63, 3.8) is 0 Å². The molecule has 0 unspecified atom stereocenters. The molecule has 0 fully saturated rings. The van der Waals surface area contributed by atoms with Crippen molar-refractivity contribution in [1.82, 2.24) is 14.4 Å². The molecule has 0 spiro atoms. The molecular formula is C13H14N4S. The summed E-state index contributed by atoms with van der Waals surface area (Å²) in [6.07, 6.45) is 5.76. The molecule has 0 aliphatic heterocycles. The maximum absolute atomic E-state index is 4.53. The van der Waals surface area contributed by atoms with Gasteiger partial charge in [-0.05, 0) is 25.5 Å². The third-order valence-electron chi connectivity index (χ3n) is 2.90. The fourth-order valence-electron chi connectivity index (χ4n) is 1.99. The lowest BCUT2D eigenvalue weighted by molar-refractivity contribution is 0.991. The SMILES string of the molecule is Cc1cncc(NCc2c(C)nc3sccn23)c1. The molecule has 0 atom stereocenters. The molecule has 5 heteroatoms. The number of hydrogen-bond donors (Lipinski definition) is 1. The molecule has 3 aromatic heterocycles. The average molecular weight is 258 g/mol. The van der Waals surface area contributed by atoms with Crippen molar-refractivity contribution in [1.29, 1.82) is 0 Å². The van der Waals surface area contributed by atoms with Crippen LogP contribution in [0.1, 0.15) is 17.0 Å². The Morgan fingerprint density at radius 3 is 3.06 bits per heavy atom. The first kappa shape index (κ1) is 11.2. The van der Waals surface area contributed by atoms with Crippen molar-refractivity contribution in [3.05, 3.63) is 47.0 Å². The summed E-state index contributed by atoms with van der Waals surface area (Å²) < 4.78 is 2.14. The molecule has 3 heterocycles. The van der Waals surface area contributed by atoms with Gasteiger partial charge >= 0.3 is 0 Å². The predicted molar refractivity (Wildman–Crippen MR) is 74.1 cm³/mol. The summed E-state index contributed by atoms with van der Waals surface area (Å²) >= 11 is 1.66. The van der Waals surface area contributed by atoms with Gasteiger partial charge in [-0.15, -0.1) is 11.3 Å². The summed E-state index contributed by atoms with van der Waals surface area (Å²) in [6, 6.07) is 2.09. The fourth-order valence-corrected chi connectivity index (χ4v) is 2.77. The highest BCUT2D eigenvalue weighted by molar-refractivity contribution is 7.15. The van der Waals surface area contributed by atoms with Crippen LogP contribution in [0.3, 0.4) is 0 Å². The van der Waals surface area contributed by atoms with Crippen molar-refractivity contribution in [2.45, 2.75) is 20.4 Å². The number of anilines is 1. The minimum atomic E-state index is 0.759. The zero-order valence-corrected chi connectivity index (χ0v) is 11.2. The number of aromatic nitrogens is 3. The van der Waals surface area contributed by atoms with Crippen LogP contribution in [0.5, 0.6) is 0 Å². The molecule has 0 amide bonds. The second-order valence-electron chi connectivity index (χ2n) is 4.30. The second kappa shape index (κ2) is 4.42. The summed E-state index contributed by atoms with van der Waals surface area (Å²) in [5, 5.41) is 5.45. The lowest BCUT2D eigenvalue weighted by Crippen LogP contribution is -2.03. The van der Waals surface area contributed by atoms with Crippen LogP contribution in [0.2, 0.25) is 0 Å². The highest BCUT2D eigenvalue weighted by atomic mass is 32.1. The van der Waals surface area contributed by atoms with Gasteiger partial charge in [-0.2, -0.15) is 0 Å². The van der Waals surface area contributed by atoms with Crippen LogP contribution in [0.15, 0.2) is 30.0 Å². The molecule has 0 aliphatic carbocycles. The second-order valence-corrected chi connectivity index (χ2v) is 5.18. The van der Waals surface area contributed by atoms with Crippen molar-refractivity contribution < 1.29 is 0 Å².